The van der Waals surface area contributed by atoms with E-state index in [-0.39, 0.29) is 5.60 Å². The maximum Gasteiger partial charge on any atom is 0.0705 e. The van der Waals surface area contributed by atoms with Crippen LogP contribution in [0.3, 0.4) is 0 Å². The largest absolute Gasteiger partial charge is 0.375 e. The highest BCUT2D eigenvalue weighted by atomic mass is 16.5. The number of ether oxygens (including phenoxy) is 2. The standard InChI is InChI=1S/C18H32O2/c1-15(2)18(11-7-12-18)20-13-6-8-16(3)14-19-17-9-4-5-10-17/h15,17H,3-14H2,1-2H3. The third-order valence-corrected chi connectivity index (χ3v) is 5.14. The van der Waals surface area contributed by atoms with E-state index >= 15 is 0 Å². The summed E-state index contributed by atoms with van der Waals surface area (Å²) in [6.07, 6.45) is 11.6. The normalized spacial score (nSPS) is 22.1. The molecule has 2 heteroatoms. The lowest BCUT2D eigenvalue weighted by Crippen LogP contribution is -2.45. The van der Waals surface area contributed by atoms with Gasteiger partial charge in [-0.3, -0.25) is 0 Å². The highest BCUT2D eigenvalue weighted by Gasteiger charge is 2.40. The molecule has 0 aromatic heterocycles. The summed E-state index contributed by atoms with van der Waals surface area (Å²) in [5.74, 6) is 0.644. The zero-order valence-electron chi connectivity index (χ0n) is 13.5. The Balaban J connectivity index is 1.52. The van der Waals surface area contributed by atoms with Crippen molar-refractivity contribution in [3.05, 3.63) is 12.2 Å². The zero-order valence-corrected chi connectivity index (χ0v) is 13.5. The lowest BCUT2D eigenvalue weighted by molar-refractivity contribution is -0.130. The Kier molecular flexibility index (Phi) is 6.10. The minimum atomic E-state index is 0.196. The van der Waals surface area contributed by atoms with Crippen LogP contribution in [0.4, 0.5) is 0 Å². The van der Waals surface area contributed by atoms with E-state index in [0.717, 1.165) is 26.1 Å². The van der Waals surface area contributed by atoms with Crippen LogP contribution in [0.25, 0.3) is 0 Å². The Morgan fingerprint density at radius 1 is 1.20 bits per heavy atom. The number of hydrogen-bond donors (Lipinski definition) is 0. The summed E-state index contributed by atoms with van der Waals surface area (Å²) < 4.78 is 12.1. The van der Waals surface area contributed by atoms with Crippen molar-refractivity contribution in [3.63, 3.8) is 0 Å². The van der Waals surface area contributed by atoms with Gasteiger partial charge < -0.3 is 9.47 Å². The molecule has 116 valence electrons. The summed E-state index contributed by atoms with van der Waals surface area (Å²) >= 11 is 0. The van der Waals surface area contributed by atoms with E-state index in [1.165, 1.54) is 50.5 Å². The molecule has 2 nitrogen and oxygen atoms in total. The van der Waals surface area contributed by atoms with Crippen molar-refractivity contribution < 1.29 is 9.47 Å². The van der Waals surface area contributed by atoms with Crippen LogP contribution < -0.4 is 0 Å². The van der Waals surface area contributed by atoms with Gasteiger partial charge in [0.15, 0.2) is 0 Å². The molecule has 0 spiro atoms. The molecule has 0 saturated heterocycles. The molecule has 2 fully saturated rings. The smallest absolute Gasteiger partial charge is 0.0705 e. The van der Waals surface area contributed by atoms with Gasteiger partial charge in [0.1, 0.15) is 0 Å². The first-order valence-corrected chi connectivity index (χ1v) is 8.54. The maximum absolute atomic E-state index is 6.17. The van der Waals surface area contributed by atoms with Crippen LogP contribution in [0.5, 0.6) is 0 Å². The quantitative estimate of drug-likeness (QED) is 0.443. The molecule has 0 atom stereocenters. The van der Waals surface area contributed by atoms with E-state index in [2.05, 4.69) is 20.4 Å². The van der Waals surface area contributed by atoms with E-state index in [0.29, 0.717) is 12.0 Å². The SMILES string of the molecule is C=C(CCCOC1(C(C)C)CCC1)COC1CCCC1. The topological polar surface area (TPSA) is 18.5 Å². The molecule has 0 amide bonds. The Labute approximate surface area is 124 Å². The fraction of sp³-hybridized carbons (Fsp3) is 0.889. The Bertz CT molecular complexity index is 299. The van der Waals surface area contributed by atoms with Crippen LogP contribution in [0.2, 0.25) is 0 Å². The molecule has 0 unspecified atom stereocenters. The van der Waals surface area contributed by atoms with Gasteiger partial charge in [-0.25, -0.2) is 0 Å². The number of rotatable bonds is 9. The Morgan fingerprint density at radius 3 is 2.45 bits per heavy atom. The van der Waals surface area contributed by atoms with Crippen LogP contribution in [-0.2, 0) is 9.47 Å². The molecule has 0 N–H and O–H groups in total. The minimum Gasteiger partial charge on any atom is -0.375 e. The molecule has 2 aliphatic carbocycles. The van der Waals surface area contributed by atoms with Gasteiger partial charge in [0.2, 0.25) is 0 Å². The van der Waals surface area contributed by atoms with Crippen molar-refractivity contribution in [2.75, 3.05) is 13.2 Å². The first-order chi connectivity index (χ1) is 9.62. The van der Waals surface area contributed by atoms with E-state index in [9.17, 15) is 0 Å². The van der Waals surface area contributed by atoms with Gasteiger partial charge in [0, 0.05) is 6.61 Å². The molecule has 2 saturated carbocycles. The van der Waals surface area contributed by atoms with Gasteiger partial charge in [0.05, 0.1) is 18.3 Å². The summed E-state index contributed by atoms with van der Waals surface area (Å²) in [7, 11) is 0. The molecule has 0 bridgehead atoms. The van der Waals surface area contributed by atoms with Gasteiger partial charge >= 0.3 is 0 Å². The first-order valence-electron chi connectivity index (χ1n) is 8.54. The molecule has 2 aliphatic rings. The summed E-state index contributed by atoms with van der Waals surface area (Å²) in [5.41, 5.74) is 1.43. The van der Waals surface area contributed by atoms with Crippen molar-refractivity contribution in [2.24, 2.45) is 5.92 Å². The second-order valence-electron chi connectivity index (χ2n) is 6.99. The monoisotopic (exact) mass is 280 g/mol. The highest BCUT2D eigenvalue weighted by Crippen LogP contribution is 2.41. The zero-order chi connectivity index (χ0) is 14.4. The molecular weight excluding hydrogens is 248 g/mol. The van der Waals surface area contributed by atoms with E-state index < -0.39 is 0 Å². The average molecular weight is 280 g/mol. The second-order valence-corrected chi connectivity index (χ2v) is 6.99. The van der Waals surface area contributed by atoms with Crippen LogP contribution in [0.15, 0.2) is 12.2 Å². The average Bonchev–Trinajstić information content (AvgIpc) is 2.87. The molecule has 0 aromatic carbocycles. The van der Waals surface area contributed by atoms with Crippen molar-refractivity contribution in [2.45, 2.75) is 83.3 Å². The Morgan fingerprint density at radius 2 is 1.90 bits per heavy atom. The summed E-state index contributed by atoms with van der Waals surface area (Å²) in [4.78, 5) is 0. The summed E-state index contributed by atoms with van der Waals surface area (Å²) in [6, 6.07) is 0. The maximum atomic E-state index is 6.17. The van der Waals surface area contributed by atoms with Gasteiger partial charge in [-0.15, -0.1) is 0 Å². The predicted molar refractivity (Wildman–Crippen MR) is 84.0 cm³/mol. The van der Waals surface area contributed by atoms with Crippen LogP contribution in [0.1, 0.15) is 71.6 Å². The van der Waals surface area contributed by atoms with Crippen LogP contribution in [0, 0.1) is 5.92 Å². The molecule has 0 aromatic rings. The fourth-order valence-corrected chi connectivity index (χ4v) is 3.37. The van der Waals surface area contributed by atoms with Gasteiger partial charge in [0.25, 0.3) is 0 Å². The van der Waals surface area contributed by atoms with Crippen molar-refractivity contribution in [1.82, 2.24) is 0 Å². The highest BCUT2D eigenvalue weighted by molar-refractivity contribution is 4.95. The minimum absolute atomic E-state index is 0.196. The number of hydrogen-bond acceptors (Lipinski definition) is 2. The molecule has 0 radical (unpaired) electrons. The van der Waals surface area contributed by atoms with E-state index in [1.54, 1.807) is 0 Å². The molecule has 2 rings (SSSR count). The van der Waals surface area contributed by atoms with Crippen molar-refractivity contribution in [3.8, 4) is 0 Å². The first kappa shape index (κ1) is 16.0. The van der Waals surface area contributed by atoms with Crippen molar-refractivity contribution >= 4 is 0 Å². The predicted octanol–water partition coefficient (Wildman–Crippen LogP) is 4.88. The Hall–Kier alpha value is -0.340. The third kappa shape index (κ3) is 4.33. The lowest BCUT2D eigenvalue weighted by atomic mass is 9.72. The molecular formula is C18H32O2. The van der Waals surface area contributed by atoms with E-state index in [4.69, 9.17) is 9.47 Å². The van der Waals surface area contributed by atoms with Crippen LogP contribution >= 0.6 is 0 Å². The lowest BCUT2D eigenvalue weighted by Gasteiger charge is -2.45. The van der Waals surface area contributed by atoms with Gasteiger partial charge in [-0.05, 0) is 50.9 Å². The molecule has 0 heterocycles. The fourth-order valence-electron chi connectivity index (χ4n) is 3.37. The van der Waals surface area contributed by atoms with E-state index in [1.807, 2.05) is 0 Å². The van der Waals surface area contributed by atoms with Gasteiger partial charge in [-0.2, -0.15) is 0 Å². The third-order valence-electron chi connectivity index (χ3n) is 5.14. The second kappa shape index (κ2) is 7.61. The van der Waals surface area contributed by atoms with Gasteiger partial charge in [-0.1, -0.05) is 38.8 Å². The molecule has 20 heavy (non-hydrogen) atoms. The summed E-state index contributed by atoms with van der Waals surface area (Å²) in [5, 5.41) is 0. The summed E-state index contributed by atoms with van der Waals surface area (Å²) in [6.45, 7) is 10.3. The van der Waals surface area contributed by atoms with Crippen LogP contribution in [-0.4, -0.2) is 24.9 Å². The molecule has 0 aliphatic heterocycles. The van der Waals surface area contributed by atoms with Crippen molar-refractivity contribution in [1.29, 1.82) is 0 Å².